The Morgan fingerprint density at radius 1 is 1.80 bits per heavy atom. The molecular weight excluding hydrogens is 126 g/mol. The summed E-state index contributed by atoms with van der Waals surface area (Å²) in [7, 11) is 0. The summed E-state index contributed by atoms with van der Waals surface area (Å²) < 4.78 is 0. The second kappa shape index (κ2) is 3.04. The van der Waals surface area contributed by atoms with Crippen molar-refractivity contribution in [2.75, 3.05) is 6.54 Å². The fraction of sp³-hybridized carbons (Fsp3) is 0.750. The Bertz CT molecular complexity index is 133. The standard InChI is InChI=1S/C8H14NO/c1-3-8(10)9-6-4-5-7(9)2/h7H,2-6H2,1H3/t7-/m0/s1. The first-order valence-electron chi connectivity index (χ1n) is 3.88. The number of rotatable bonds is 1. The molecule has 0 saturated carbocycles. The molecule has 10 heavy (non-hydrogen) atoms. The first kappa shape index (κ1) is 7.58. The van der Waals surface area contributed by atoms with E-state index in [4.69, 9.17) is 0 Å². The predicted octanol–water partition coefficient (Wildman–Crippen LogP) is 1.22. The summed E-state index contributed by atoms with van der Waals surface area (Å²) in [5.41, 5.74) is 0. The molecule has 0 aromatic rings. The van der Waals surface area contributed by atoms with Crippen LogP contribution in [0.2, 0.25) is 0 Å². The number of likely N-dealkylation sites (tertiary alicyclic amines) is 1. The van der Waals surface area contributed by atoms with Gasteiger partial charge in [0, 0.05) is 19.0 Å². The van der Waals surface area contributed by atoms with Crippen LogP contribution in [0.5, 0.6) is 0 Å². The first-order chi connectivity index (χ1) is 4.75. The van der Waals surface area contributed by atoms with E-state index in [1.54, 1.807) is 0 Å². The van der Waals surface area contributed by atoms with Gasteiger partial charge in [-0.25, -0.2) is 0 Å². The zero-order valence-electron chi connectivity index (χ0n) is 6.47. The molecule has 0 bridgehead atoms. The zero-order chi connectivity index (χ0) is 7.56. The van der Waals surface area contributed by atoms with E-state index in [1.807, 2.05) is 11.8 Å². The van der Waals surface area contributed by atoms with Gasteiger partial charge in [-0.05, 0) is 19.8 Å². The number of hydrogen-bond donors (Lipinski definition) is 0. The molecule has 0 aromatic carbocycles. The molecule has 0 aromatic heterocycles. The number of carbonyl (C=O) groups excluding carboxylic acids is 1. The van der Waals surface area contributed by atoms with Crippen molar-refractivity contribution >= 4 is 5.91 Å². The van der Waals surface area contributed by atoms with Gasteiger partial charge in [-0.3, -0.25) is 4.79 Å². The van der Waals surface area contributed by atoms with Crippen molar-refractivity contribution in [2.24, 2.45) is 0 Å². The third kappa shape index (κ3) is 1.31. The largest absolute Gasteiger partial charge is 0.340 e. The van der Waals surface area contributed by atoms with E-state index >= 15 is 0 Å². The molecule has 1 heterocycles. The second-order valence-corrected chi connectivity index (χ2v) is 2.74. The van der Waals surface area contributed by atoms with Crippen LogP contribution in [0, 0.1) is 6.92 Å². The summed E-state index contributed by atoms with van der Waals surface area (Å²) in [5, 5.41) is 0. The molecular formula is C8H14NO. The van der Waals surface area contributed by atoms with Crippen molar-refractivity contribution in [2.45, 2.75) is 32.2 Å². The Kier molecular flexibility index (Phi) is 2.30. The molecule has 1 amide bonds. The molecule has 1 saturated heterocycles. The molecule has 57 valence electrons. The Hall–Kier alpha value is -0.530. The topological polar surface area (TPSA) is 20.3 Å². The molecule has 1 aliphatic rings. The van der Waals surface area contributed by atoms with Gasteiger partial charge >= 0.3 is 0 Å². The Morgan fingerprint density at radius 2 is 2.50 bits per heavy atom. The zero-order valence-corrected chi connectivity index (χ0v) is 6.47. The summed E-state index contributed by atoms with van der Waals surface area (Å²) in [6.45, 7) is 6.71. The molecule has 1 rings (SSSR count). The molecule has 2 heteroatoms. The van der Waals surface area contributed by atoms with Gasteiger partial charge in [0.05, 0.1) is 0 Å². The van der Waals surface area contributed by atoms with Gasteiger partial charge in [0.1, 0.15) is 0 Å². The Labute approximate surface area is 62.2 Å². The molecule has 0 N–H and O–H groups in total. The summed E-state index contributed by atoms with van der Waals surface area (Å²) >= 11 is 0. The minimum Gasteiger partial charge on any atom is -0.340 e. The Balaban J connectivity index is 2.46. The quantitative estimate of drug-likeness (QED) is 0.536. The van der Waals surface area contributed by atoms with Crippen molar-refractivity contribution in [3.05, 3.63) is 6.92 Å². The van der Waals surface area contributed by atoms with Crippen molar-refractivity contribution in [1.82, 2.24) is 4.90 Å². The minimum atomic E-state index is 0.243. The molecule has 1 fully saturated rings. The molecule has 0 aliphatic carbocycles. The highest BCUT2D eigenvalue weighted by molar-refractivity contribution is 5.76. The van der Waals surface area contributed by atoms with Crippen LogP contribution in [0.25, 0.3) is 0 Å². The summed E-state index contributed by atoms with van der Waals surface area (Å²) in [5.74, 6) is 0.248. The maximum Gasteiger partial charge on any atom is 0.222 e. The number of amides is 1. The van der Waals surface area contributed by atoms with E-state index in [-0.39, 0.29) is 11.9 Å². The first-order valence-corrected chi connectivity index (χ1v) is 3.88. The maximum absolute atomic E-state index is 11.1. The third-order valence-corrected chi connectivity index (χ3v) is 2.00. The second-order valence-electron chi connectivity index (χ2n) is 2.74. The van der Waals surface area contributed by atoms with Crippen molar-refractivity contribution < 1.29 is 4.79 Å². The molecule has 0 unspecified atom stereocenters. The highest BCUT2D eigenvalue weighted by Gasteiger charge is 2.23. The van der Waals surface area contributed by atoms with Crippen LogP contribution in [-0.4, -0.2) is 23.4 Å². The number of hydrogen-bond acceptors (Lipinski definition) is 1. The van der Waals surface area contributed by atoms with Gasteiger partial charge in [0.15, 0.2) is 0 Å². The van der Waals surface area contributed by atoms with Crippen LogP contribution in [-0.2, 0) is 4.79 Å². The van der Waals surface area contributed by atoms with Gasteiger partial charge in [-0.15, -0.1) is 0 Å². The average Bonchev–Trinajstić information content (AvgIpc) is 2.34. The van der Waals surface area contributed by atoms with E-state index in [0.717, 1.165) is 19.4 Å². The van der Waals surface area contributed by atoms with E-state index in [1.165, 1.54) is 0 Å². The highest BCUT2D eigenvalue weighted by atomic mass is 16.2. The van der Waals surface area contributed by atoms with Crippen LogP contribution in [0.4, 0.5) is 0 Å². The molecule has 1 radical (unpaired) electrons. The lowest BCUT2D eigenvalue weighted by Crippen LogP contribution is -2.32. The predicted molar refractivity (Wildman–Crippen MR) is 40.4 cm³/mol. The third-order valence-electron chi connectivity index (χ3n) is 2.00. The van der Waals surface area contributed by atoms with Crippen LogP contribution in [0.1, 0.15) is 26.2 Å². The highest BCUT2D eigenvalue weighted by Crippen LogP contribution is 2.16. The van der Waals surface area contributed by atoms with Gasteiger partial charge < -0.3 is 4.90 Å². The molecule has 2 nitrogen and oxygen atoms in total. The number of nitrogens with zero attached hydrogens (tertiary/aromatic N) is 1. The van der Waals surface area contributed by atoms with Crippen LogP contribution >= 0.6 is 0 Å². The van der Waals surface area contributed by atoms with Crippen LogP contribution in [0.3, 0.4) is 0 Å². The summed E-state index contributed by atoms with van der Waals surface area (Å²) in [4.78, 5) is 13.0. The average molecular weight is 140 g/mol. The van der Waals surface area contributed by atoms with E-state index in [9.17, 15) is 4.79 Å². The number of carbonyl (C=O) groups is 1. The lowest BCUT2D eigenvalue weighted by Gasteiger charge is -2.19. The van der Waals surface area contributed by atoms with Crippen LogP contribution < -0.4 is 0 Å². The van der Waals surface area contributed by atoms with E-state index in [0.29, 0.717) is 6.42 Å². The van der Waals surface area contributed by atoms with Crippen molar-refractivity contribution in [1.29, 1.82) is 0 Å². The van der Waals surface area contributed by atoms with Crippen molar-refractivity contribution in [3.8, 4) is 0 Å². The normalized spacial score (nSPS) is 25.4. The van der Waals surface area contributed by atoms with Gasteiger partial charge in [-0.1, -0.05) is 6.92 Å². The van der Waals surface area contributed by atoms with Gasteiger partial charge in [0.25, 0.3) is 0 Å². The molecule has 0 spiro atoms. The smallest absolute Gasteiger partial charge is 0.222 e. The SMILES string of the molecule is [CH2][C@H]1CCCN1C(=O)CC. The lowest BCUT2D eigenvalue weighted by molar-refractivity contribution is -0.130. The van der Waals surface area contributed by atoms with Crippen LogP contribution in [0.15, 0.2) is 0 Å². The summed E-state index contributed by atoms with van der Waals surface area (Å²) in [6.07, 6.45) is 2.82. The van der Waals surface area contributed by atoms with Gasteiger partial charge in [0.2, 0.25) is 5.91 Å². The fourth-order valence-corrected chi connectivity index (χ4v) is 1.37. The maximum atomic E-state index is 11.1. The van der Waals surface area contributed by atoms with E-state index < -0.39 is 0 Å². The lowest BCUT2D eigenvalue weighted by atomic mass is 10.2. The monoisotopic (exact) mass is 140 g/mol. The van der Waals surface area contributed by atoms with E-state index in [2.05, 4.69) is 6.92 Å². The summed E-state index contributed by atoms with van der Waals surface area (Å²) in [6, 6.07) is 0.243. The molecule has 1 atom stereocenters. The van der Waals surface area contributed by atoms with Crippen molar-refractivity contribution in [3.63, 3.8) is 0 Å². The fourth-order valence-electron chi connectivity index (χ4n) is 1.37. The van der Waals surface area contributed by atoms with Gasteiger partial charge in [-0.2, -0.15) is 0 Å². The molecule has 1 aliphatic heterocycles. The minimum absolute atomic E-state index is 0.243. The Morgan fingerprint density at radius 3 is 2.90 bits per heavy atom.